The summed E-state index contributed by atoms with van der Waals surface area (Å²) in [6, 6.07) is 4.54. The molecule has 3 atom stereocenters. The van der Waals surface area contributed by atoms with Crippen LogP contribution in [0.4, 0.5) is 0 Å². The van der Waals surface area contributed by atoms with Gasteiger partial charge in [0.25, 0.3) is 0 Å². The van der Waals surface area contributed by atoms with Gasteiger partial charge in [-0.2, -0.15) is 0 Å². The molecule has 1 aliphatic carbocycles. The number of nitrogens with one attached hydrogen (secondary N) is 2. The summed E-state index contributed by atoms with van der Waals surface area (Å²) >= 11 is 0. The minimum atomic E-state index is 0.170. The molecule has 5 nitrogen and oxygen atoms in total. The Bertz CT molecular complexity index is 509. The van der Waals surface area contributed by atoms with Gasteiger partial charge in [0, 0.05) is 56.5 Å². The second kappa shape index (κ2) is 6.32. The van der Waals surface area contributed by atoms with Crippen molar-refractivity contribution in [1.29, 1.82) is 0 Å². The number of aromatic nitrogens is 1. The van der Waals surface area contributed by atoms with E-state index < -0.39 is 0 Å². The molecule has 2 N–H and O–H groups in total. The molecule has 0 amide bonds. The Kier molecular flexibility index (Phi) is 4.43. The summed E-state index contributed by atoms with van der Waals surface area (Å²) in [5.74, 6) is 1.51. The van der Waals surface area contributed by atoms with Gasteiger partial charge in [-0.25, -0.2) is 0 Å². The maximum atomic E-state index is 5.96. The number of rotatable bonds is 4. The molecule has 0 bridgehead atoms. The van der Waals surface area contributed by atoms with Gasteiger partial charge < -0.3 is 19.9 Å². The van der Waals surface area contributed by atoms with E-state index >= 15 is 0 Å². The lowest BCUT2D eigenvalue weighted by atomic mass is 9.55. The van der Waals surface area contributed by atoms with E-state index in [1.165, 1.54) is 12.8 Å². The van der Waals surface area contributed by atoms with E-state index in [2.05, 4.69) is 46.4 Å². The number of hydrogen-bond donors (Lipinski definition) is 2. The van der Waals surface area contributed by atoms with Gasteiger partial charge in [0.2, 0.25) is 0 Å². The highest BCUT2D eigenvalue weighted by Gasteiger charge is 2.58. The van der Waals surface area contributed by atoms with Gasteiger partial charge in [0.15, 0.2) is 5.96 Å². The molecular weight excluding hydrogens is 276 g/mol. The molecule has 1 saturated carbocycles. The van der Waals surface area contributed by atoms with Gasteiger partial charge in [-0.1, -0.05) is 13.8 Å². The summed E-state index contributed by atoms with van der Waals surface area (Å²) in [6.07, 6.45) is 6.99. The molecule has 1 aliphatic heterocycles. The van der Waals surface area contributed by atoms with Crippen molar-refractivity contribution < 1.29 is 4.74 Å². The zero-order valence-corrected chi connectivity index (χ0v) is 13.9. The minimum Gasteiger partial charge on any atom is -0.377 e. The predicted octanol–water partition coefficient (Wildman–Crippen LogP) is 1.86. The standard InChI is InChI=1S/C17H28N4O/c1-17(2)14(13-7-6-12-22-15(13)17)20-16(18-3)19-8-11-21-9-4-5-10-21/h4-5,9-10,13-15H,6-8,11-12H2,1-3H3,(H2,18,19,20). The lowest BCUT2D eigenvalue weighted by Crippen LogP contribution is -2.71. The van der Waals surface area contributed by atoms with Gasteiger partial charge in [0.1, 0.15) is 0 Å². The summed E-state index contributed by atoms with van der Waals surface area (Å²) in [4.78, 5) is 4.38. The molecule has 2 fully saturated rings. The lowest BCUT2D eigenvalue weighted by molar-refractivity contribution is -0.188. The van der Waals surface area contributed by atoms with Gasteiger partial charge >= 0.3 is 0 Å². The van der Waals surface area contributed by atoms with Crippen molar-refractivity contribution in [2.45, 2.75) is 45.4 Å². The smallest absolute Gasteiger partial charge is 0.191 e. The topological polar surface area (TPSA) is 50.6 Å². The van der Waals surface area contributed by atoms with Crippen LogP contribution < -0.4 is 10.6 Å². The van der Waals surface area contributed by atoms with E-state index in [4.69, 9.17) is 4.74 Å². The third-order valence-electron chi connectivity index (χ3n) is 5.18. The summed E-state index contributed by atoms with van der Waals surface area (Å²) in [7, 11) is 1.84. The number of hydrogen-bond acceptors (Lipinski definition) is 2. The van der Waals surface area contributed by atoms with Crippen LogP contribution in [-0.2, 0) is 11.3 Å². The largest absolute Gasteiger partial charge is 0.377 e. The van der Waals surface area contributed by atoms with Crippen LogP contribution in [0.1, 0.15) is 26.7 Å². The highest BCUT2D eigenvalue weighted by molar-refractivity contribution is 5.80. The summed E-state index contributed by atoms with van der Waals surface area (Å²) < 4.78 is 8.13. The highest BCUT2D eigenvalue weighted by atomic mass is 16.5. The maximum Gasteiger partial charge on any atom is 0.191 e. The third-order valence-corrected chi connectivity index (χ3v) is 5.18. The van der Waals surface area contributed by atoms with Crippen LogP contribution in [0.15, 0.2) is 29.5 Å². The van der Waals surface area contributed by atoms with Crippen molar-refractivity contribution in [3.05, 3.63) is 24.5 Å². The number of ether oxygens (including phenoxy) is 1. The first-order valence-electron chi connectivity index (χ1n) is 8.32. The molecule has 122 valence electrons. The fraction of sp³-hybridized carbons (Fsp3) is 0.706. The number of aliphatic imine (C=N–C) groups is 1. The van der Waals surface area contributed by atoms with Crippen molar-refractivity contribution in [3.63, 3.8) is 0 Å². The molecule has 2 aliphatic rings. The molecule has 1 aromatic heterocycles. The van der Waals surface area contributed by atoms with Crippen LogP contribution in [0, 0.1) is 11.3 Å². The summed E-state index contributed by atoms with van der Waals surface area (Å²) in [6.45, 7) is 7.32. The van der Waals surface area contributed by atoms with Crippen LogP contribution in [0.3, 0.4) is 0 Å². The quantitative estimate of drug-likeness (QED) is 0.659. The van der Waals surface area contributed by atoms with Crippen LogP contribution >= 0.6 is 0 Å². The first-order chi connectivity index (χ1) is 10.6. The molecule has 1 aromatic rings. The Balaban J connectivity index is 1.52. The zero-order chi connectivity index (χ0) is 15.6. The van der Waals surface area contributed by atoms with Crippen LogP contribution in [-0.4, -0.2) is 42.9 Å². The van der Waals surface area contributed by atoms with Crippen LogP contribution in [0.25, 0.3) is 0 Å². The van der Waals surface area contributed by atoms with E-state index in [1.54, 1.807) is 0 Å². The Morgan fingerprint density at radius 1 is 1.36 bits per heavy atom. The molecule has 0 aromatic carbocycles. The zero-order valence-electron chi connectivity index (χ0n) is 13.9. The number of nitrogens with zero attached hydrogens (tertiary/aromatic N) is 2. The molecule has 3 unspecified atom stereocenters. The SMILES string of the molecule is CN=C(NCCn1cccc1)NC1C2CCCOC2C1(C)C. The summed E-state index contributed by atoms with van der Waals surface area (Å²) in [5, 5.41) is 7.04. The van der Waals surface area contributed by atoms with Gasteiger partial charge in [0.05, 0.1) is 6.10 Å². The molecule has 3 rings (SSSR count). The molecular formula is C17H28N4O. The Morgan fingerprint density at radius 3 is 2.86 bits per heavy atom. The monoisotopic (exact) mass is 304 g/mol. The normalized spacial score (nSPS) is 30.3. The van der Waals surface area contributed by atoms with Crippen molar-refractivity contribution in [2.24, 2.45) is 16.3 Å². The Labute approximate surface area is 133 Å². The minimum absolute atomic E-state index is 0.170. The number of guanidine groups is 1. The highest BCUT2D eigenvalue weighted by Crippen LogP contribution is 2.51. The van der Waals surface area contributed by atoms with Crippen molar-refractivity contribution in [3.8, 4) is 0 Å². The molecule has 22 heavy (non-hydrogen) atoms. The first-order valence-corrected chi connectivity index (χ1v) is 8.32. The van der Waals surface area contributed by atoms with E-state index in [-0.39, 0.29) is 5.41 Å². The molecule has 0 radical (unpaired) electrons. The van der Waals surface area contributed by atoms with Crippen molar-refractivity contribution in [2.75, 3.05) is 20.2 Å². The van der Waals surface area contributed by atoms with Crippen molar-refractivity contribution in [1.82, 2.24) is 15.2 Å². The molecule has 1 saturated heterocycles. The molecule has 5 heteroatoms. The maximum absolute atomic E-state index is 5.96. The molecule has 2 heterocycles. The second-order valence-electron chi connectivity index (χ2n) is 6.96. The predicted molar refractivity (Wildman–Crippen MR) is 89.0 cm³/mol. The van der Waals surface area contributed by atoms with Gasteiger partial charge in [-0.15, -0.1) is 0 Å². The number of fused-ring (bicyclic) bond motifs is 1. The van der Waals surface area contributed by atoms with Crippen LogP contribution in [0.2, 0.25) is 0 Å². The van der Waals surface area contributed by atoms with E-state index in [0.29, 0.717) is 18.1 Å². The van der Waals surface area contributed by atoms with E-state index in [9.17, 15) is 0 Å². The van der Waals surface area contributed by atoms with Crippen molar-refractivity contribution >= 4 is 5.96 Å². The first kappa shape index (κ1) is 15.4. The fourth-order valence-corrected chi connectivity index (χ4v) is 3.98. The average molecular weight is 304 g/mol. The van der Waals surface area contributed by atoms with Gasteiger partial charge in [-0.05, 0) is 25.0 Å². The van der Waals surface area contributed by atoms with Crippen LogP contribution in [0.5, 0.6) is 0 Å². The third kappa shape index (κ3) is 2.86. The lowest BCUT2D eigenvalue weighted by Gasteiger charge is -2.60. The van der Waals surface area contributed by atoms with E-state index in [1.807, 2.05) is 19.2 Å². The summed E-state index contributed by atoms with van der Waals surface area (Å²) in [5.41, 5.74) is 0.170. The van der Waals surface area contributed by atoms with Gasteiger partial charge in [-0.3, -0.25) is 4.99 Å². The Morgan fingerprint density at radius 2 is 2.14 bits per heavy atom. The van der Waals surface area contributed by atoms with E-state index in [0.717, 1.165) is 25.7 Å². The second-order valence-corrected chi connectivity index (χ2v) is 6.96. The fourth-order valence-electron chi connectivity index (χ4n) is 3.98. The molecule has 0 spiro atoms. The average Bonchev–Trinajstić information content (AvgIpc) is 3.04. The Hall–Kier alpha value is -1.49.